The normalized spacial score (nSPS) is 17.7. The molecule has 0 unspecified atom stereocenters. The minimum atomic E-state index is -1.11. The summed E-state index contributed by atoms with van der Waals surface area (Å²) in [5.74, 6) is -0.839. The molecule has 1 saturated carbocycles. The van der Waals surface area contributed by atoms with Gasteiger partial charge in [0.1, 0.15) is 5.75 Å². The number of carboxylic acid groups (broad SMARTS) is 1. The lowest BCUT2D eigenvalue weighted by molar-refractivity contribution is -0.123. The number of carbonyl (C=O) groups is 2. The summed E-state index contributed by atoms with van der Waals surface area (Å²) in [6, 6.07) is 16.1. The highest BCUT2D eigenvalue weighted by Crippen LogP contribution is 2.40. The summed E-state index contributed by atoms with van der Waals surface area (Å²) in [4.78, 5) is 23.8. The van der Waals surface area contributed by atoms with E-state index in [1.54, 1.807) is 12.1 Å². The maximum absolute atomic E-state index is 12.3. The molecule has 4 rings (SSSR count). The average Bonchev–Trinajstić information content (AvgIpc) is 3.45. The maximum Gasteiger partial charge on any atom is 0.335 e. The van der Waals surface area contributed by atoms with Crippen LogP contribution in [0, 0.1) is 0 Å². The summed E-state index contributed by atoms with van der Waals surface area (Å²) >= 11 is 12.3. The lowest BCUT2D eigenvalue weighted by Gasteiger charge is -2.13. The Balaban J connectivity index is 1.48. The fourth-order valence-electron chi connectivity index (χ4n) is 3.44. The number of aromatic carboxylic acids is 1. The van der Waals surface area contributed by atoms with Gasteiger partial charge in [-0.1, -0.05) is 53.5 Å². The van der Waals surface area contributed by atoms with Crippen molar-refractivity contribution in [2.45, 2.75) is 18.4 Å². The molecule has 0 aliphatic heterocycles. The van der Waals surface area contributed by atoms with Crippen LogP contribution >= 0.6 is 23.2 Å². The van der Waals surface area contributed by atoms with Crippen molar-refractivity contribution in [3.8, 4) is 5.75 Å². The second-order valence-corrected chi connectivity index (χ2v) is 7.82. The first-order valence-electron chi connectivity index (χ1n) is 9.05. The summed E-state index contributed by atoms with van der Waals surface area (Å²) in [6.45, 7) is -0.241. The van der Waals surface area contributed by atoms with Gasteiger partial charge >= 0.3 is 5.97 Å². The van der Waals surface area contributed by atoms with E-state index in [4.69, 9.17) is 27.9 Å². The molecule has 0 spiro atoms. The smallest absolute Gasteiger partial charge is 0.335 e. The Bertz CT molecular complexity index is 1100. The van der Waals surface area contributed by atoms with Crippen LogP contribution in [0.5, 0.6) is 5.75 Å². The highest BCUT2D eigenvalue weighted by Gasteiger charge is 2.39. The molecule has 3 aromatic carbocycles. The Hall–Kier alpha value is -2.76. The lowest BCUT2D eigenvalue weighted by Crippen LogP contribution is -2.31. The zero-order valence-electron chi connectivity index (χ0n) is 15.2. The first kappa shape index (κ1) is 19.6. The number of benzene rings is 3. The maximum atomic E-state index is 12.3. The quantitative estimate of drug-likeness (QED) is 0.584. The van der Waals surface area contributed by atoms with Crippen LogP contribution in [0.4, 0.5) is 0 Å². The fourth-order valence-corrected chi connectivity index (χ4v) is 4.04. The summed E-state index contributed by atoms with van der Waals surface area (Å²) in [6.07, 6.45) is 0.886. The molecule has 1 aliphatic rings. The van der Waals surface area contributed by atoms with Gasteiger partial charge in [-0.25, -0.2) is 4.79 Å². The monoisotopic (exact) mass is 429 g/mol. The predicted octanol–water partition coefficient (Wildman–Crippen LogP) is 4.90. The molecule has 7 heteroatoms. The van der Waals surface area contributed by atoms with E-state index in [1.807, 2.05) is 30.3 Å². The van der Waals surface area contributed by atoms with E-state index >= 15 is 0 Å². The SMILES string of the molecule is O=C(COc1cc(C(=O)O)cc2cc(Cl)cc(Cl)c12)N[C@@H]1C[C@H]1c1ccccc1. The number of hydrogen-bond donors (Lipinski definition) is 2. The van der Waals surface area contributed by atoms with Crippen LogP contribution in [0.25, 0.3) is 10.8 Å². The Morgan fingerprint density at radius 1 is 1.10 bits per heavy atom. The zero-order valence-corrected chi connectivity index (χ0v) is 16.7. The second-order valence-electron chi connectivity index (χ2n) is 6.98. The molecule has 0 saturated heterocycles. The van der Waals surface area contributed by atoms with E-state index in [1.165, 1.54) is 17.7 Å². The van der Waals surface area contributed by atoms with E-state index < -0.39 is 5.97 Å². The number of nitrogens with one attached hydrogen (secondary N) is 1. The summed E-state index contributed by atoms with van der Waals surface area (Å²) in [7, 11) is 0. The van der Waals surface area contributed by atoms with E-state index in [0.717, 1.165) is 6.42 Å². The zero-order chi connectivity index (χ0) is 20.5. The van der Waals surface area contributed by atoms with Gasteiger partial charge in [0.05, 0.1) is 10.6 Å². The van der Waals surface area contributed by atoms with Crippen molar-refractivity contribution in [3.63, 3.8) is 0 Å². The number of carbonyl (C=O) groups excluding carboxylic acids is 1. The van der Waals surface area contributed by atoms with Crippen LogP contribution < -0.4 is 10.1 Å². The van der Waals surface area contributed by atoms with Crippen molar-refractivity contribution in [1.82, 2.24) is 5.32 Å². The summed E-state index contributed by atoms with van der Waals surface area (Å²) in [5, 5.41) is 14.1. The van der Waals surface area contributed by atoms with Crippen molar-refractivity contribution in [1.29, 1.82) is 0 Å². The van der Waals surface area contributed by atoms with Crippen molar-refractivity contribution in [2.24, 2.45) is 0 Å². The number of rotatable bonds is 6. The van der Waals surface area contributed by atoms with Gasteiger partial charge in [0, 0.05) is 22.4 Å². The molecular formula is C22H17Cl2NO4. The summed E-state index contributed by atoms with van der Waals surface area (Å²) < 4.78 is 5.66. The topological polar surface area (TPSA) is 75.6 Å². The number of fused-ring (bicyclic) bond motifs is 1. The van der Waals surface area contributed by atoms with Crippen molar-refractivity contribution in [2.75, 3.05) is 6.61 Å². The fraction of sp³-hybridized carbons (Fsp3) is 0.182. The molecule has 1 fully saturated rings. The molecule has 0 aromatic heterocycles. The van der Waals surface area contributed by atoms with Gasteiger partial charge in [0.2, 0.25) is 0 Å². The molecule has 0 bridgehead atoms. The van der Waals surface area contributed by atoms with Crippen molar-refractivity contribution < 1.29 is 19.4 Å². The van der Waals surface area contributed by atoms with E-state index in [0.29, 0.717) is 26.7 Å². The molecule has 0 heterocycles. The molecule has 3 aromatic rings. The highest BCUT2D eigenvalue weighted by molar-refractivity contribution is 6.39. The molecule has 29 heavy (non-hydrogen) atoms. The third-order valence-corrected chi connectivity index (χ3v) is 5.42. The molecule has 5 nitrogen and oxygen atoms in total. The number of ether oxygens (including phenoxy) is 1. The largest absolute Gasteiger partial charge is 0.483 e. The van der Waals surface area contributed by atoms with Gasteiger partial charge < -0.3 is 15.2 Å². The molecule has 2 atom stereocenters. The van der Waals surface area contributed by atoms with Gasteiger partial charge in [0.25, 0.3) is 5.91 Å². The number of carboxylic acids is 1. The van der Waals surface area contributed by atoms with Crippen LogP contribution in [-0.2, 0) is 4.79 Å². The highest BCUT2D eigenvalue weighted by atomic mass is 35.5. The molecule has 148 valence electrons. The van der Waals surface area contributed by atoms with E-state index in [-0.39, 0.29) is 29.9 Å². The van der Waals surface area contributed by atoms with Gasteiger partial charge in [-0.15, -0.1) is 0 Å². The van der Waals surface area contributed by atoms with Crippen LogP contribution in [0.15, 0.2) is 54.6 Å². The van der Waals surface area contributed by atoms with Crippen LogP contribution in [-0.4, -0.2) is 29.6 Å². The average molecular weight is 430 g/mol. The van der Waals surface area contributed by atoms with Crippen molar-refractivity contribution in [3.05, 3.63) is 75.8 Å². The van der Waals surface area contributed by atoms with E-state index in [2.05, 4.69) is 5.32 Å². The summed E-state index contributed by atoms with van der Waals surface area (Å²) in [5.41, 5.74) is 1.22. The number of halogens is 2. The van der Waals surface area contributed by atoms with E-state index in [9.17, 15) is 14.7 Å². The van der Waals surface area contributed by atoms with Gasteiger partial charge in [-0.2, -0.15) is 0 Å². The molecule has 0 radical (unpaired) electrons. The van der Waals surface area contributed by atoms with Crippen LogP contribution in [0.2, 0.25) is 10.0 Å². The molecule has 1 amide bonds. The predicted molar refractivity (Wildman–Crippen MR) is 112 cm³/mol. The number of amides is 1. The van der Waals surface area contributed by atoms with Gasteiger partial charge in [0.15, 0.2) is 6.61 Å². The molecule has 1 aliphatic carbocycles. The third-order valence-electron chi connectivity index (χ3n) is 4.90. The Kier molecular flexibility index (Phi) is 5.35. The van der Waals surface area contributed by atoms with Gasteiger partial charge in [-0.05, 0) is 41.6 Å². The minimum Gasteiger partial charge on any atom is -0.483 e. The van der Waals surface area contributed by atoms with Crippen LogP contribution in [0.3, 0.4) is 0 Å². The lowest BCUT2D eigenvalue weighted by atomic mass is 10.1. The minimum absolute atomic E-state index is 0.0255. The molecular weight excluding hydrogens is 413 g/mol. The van der Waals surface area contributed by atoms with Gasteiger partial charge in [-0.3, -0.25) is 4.79 Å². The Morgan fingerprint density at radius 3 is 2.59 bits per heavy atom. The first-order valence-corrected chi connectivity index (χ1v) is 9.81. The van der Waals surface area contributed by atoms with Crippen LogP contribution in [0.1, 0.15) is 28.3 Å². The first-order chi connectivity index (χ1) is 13.9. The standard InChI is InChI=1S/C22H17Cl2NO4/c23-15-7-13-6-14(22(27)28)8-19(21(13)17(24)9-15)29-11-20(26)25-18-10-16(18)12-4-2-1-3-5-12/h1-9,16,18H,10-11H2,(H,25,26)(H,27,28)/t16-,18+/m0/s1. The Labute approximate surface area is 177 Å². The number of hydrogen-bond acceptors (Lipinski definition) is 3. The second kappa shape index (κ2) is 7.93. The molecule has 2 N–H and O–H groups in total. The van der Waals surface area contributed by atoms with Crippen molar-refractivity contribution >= 4 is 45.9 Å². The Morgan fingerprint density at radius 2 is 1.86 bits per heavy atom. The third kappa shape index (κ3) is 4.31.